The highest BCUT2D eigenvalue weighted by Crippen LogP contribution is 2.34. The SMILES string of the molecule is CCc1ccc(-c2noc(-c3c(C)nsc3NC)n2)cc1. The Balaban J connectivity index is 1.97. The van der Waals surface area contributed by atoms with Gasteiger partial charge < -0.3 is 9.84 Å². The fourth-order valence-corrected chi connectivity index (χ4v) is 2.86. The number of hydrogen-bond acceptors (Lipinski definition) is 6. The molecule has 0 saturated carbocycles. The predicted molar refractivity (Wildman–Crippen MR) is 84.5 cm³/mol. The number of benzene rings is 1. The molecule has 0 unspecified atom stereocenters. The monoisotopic (exact) mass is 300 g/mol. The maximum absolute atomic E-state index is 5.41. The number of rotatable bonds is 4. The topological polar surface area (TPSA) is 63.8 Å². The average molecular weight is 300 g/mol. The Morgan fingerprint density at radius 2 is 2.00 bits per heavy atom. The maximum atomic E-state index is 5.41. The van der Waals surface area contributed by atoms with Crippen LogP contribution in [0.15, 0.2) is 28.8 Å². The first-order valence-corrected chi connectivity index (χ1v) is 7.57. The minimum absolute atomic E-state index is 0.500. The third kappa shape index (κ3) is 2.54. The molecule has 2 heterocycles. The summed E-state index contributed by atoms with van der Waals surface area (Å²) in [6.45, 7) is 4.07. The zero-order chi connectivity index (χ0) is 14.8. The average Bonchev–Trinajstić information content (AvgIpc) is 3.13. The molecular weight excluding hydrogens is 284 g/mol. The summed E-state index contributed by atoms with van der Waals surface area (Å²) in [7, 11) is 1.86. The third-order valence-corrected chi connectivity index (χ3v) is 4.31. The van der Waals surface area contributed by atoms with Crippen molar-refractivity contribution in [3.05, 3.63) is 35.5 Å². The van der Waals surface area contributed by atoms with Crippen molar-refractivity contribution in [2.75, 3.05) is 12.4 Å². The van der Waals surface area contributed by atoms with Gasteiger partial charge >= 0.3 is 0 Å². The van der Waals surface area contributed by atoms with Gasteiger partial charge in [0.1, 0.15) is 5.00 Å². The van der Waals surface area contributed by atoms with Gasteiger partial charge in [-0.25, -0.2) is 0 Å². The van der Waals surface area contributed by atoms with E-state index in [-0.39, 0.29) is 0 Å². The molecule has 0 saturated heterocycles. The van der Waals surface area contributed by atoms with E-state index in [0.29, 0.717) is 11.7 Å². The molecule has 6 heteroatoms. The summed E-state index contributed by atoms with van der Waals surface area (Å²) in [6.07, 6.45) is 1.02. The maximum Gasteiger partial charge on any atom is 0.263 e. The second kappa shape index (κ2) is 5.65. The van der Waals surface area contributed by atoms with Crippen LogP contribution < -0.4 is 5.32 Å². The first-order chi connectivity index (χ1) is 10.2. The number of hydrogen-bond donors (Lipinski definition) is 1. The molecule has 0 radical (unpaired) electrons. The van der Waals surface area contributed by atoms with Crippen LogP contribution in [0.4, 0.5) is 5.00 Å². The molecule has 108 valence electrons. The van der Waals surface area contributed by atoms with Gasteiger partial charge in [0, 0.05) is 12.6 Å². The summed E-state index contributed by atoms with van der Waals surface area (Å²) >= 11 is 1.39. The summed E-state index contributed by atoms with van der Waals surface area (Å²) < 4.78 is 9.73. The van der Waals surface area contributed by atoms with Crippen molar-refractivity contribution in [3.8, 4) is 22.8 Å². The Labute approximate surface area is 127 Å². The highest BCUT2D eigenvalue weighted by molar-refractivity contribution is 7.10. The minimum Gasteiger partial charge on any atom is -0.378 e. The van der Waals surface area contributed by atoms with E-state index in [1.54, 1.807) is 0 Å². The van der Waals surface area contributed by atoms with Crippen molar-refractivity contribution in [2.24, 2.45) is 0 Å². The normalized spacial score (nSPS) is 10.8. The van der Waals surface area contributed by atoms with Gasteiger partial charge in [0.05, 0.1) is 11.3 Å². The van der Waals surface area contributed by atoms with E-state index in [2.05, 4.69) is 38.9 Å². The van der Waals surface area contributed by atoms with Crippen LogP contribution in [0.25, 0.3) is 22.8 Å². The Kier molecular flexibility index (Phi) is 3.70. The number of anilines is 1. The minimum atomic E-state index is 0.500. The van der Waals surface area contributed by atoms with Gasteiger partial charge in [-0.15, -0.1) is 0 Å². The van der Waals surface area contributed by atoms with Crippen LogP contribution in [-0.2, 0) is 6.42 Å². The molecule has 3 rings (SSSR count). The molecule has 0 bridgehead atoms. The molecule has 0 spiro atoms. The van der Waals surface area contributed by atoms with Gasteiger partial charge in [-0.2, -0.15) is 9.36 Å². The van der Waals surface area contributed by atoms with Crippen LogP contribution in [0.2, 0.25) is 0 Å². The second-order valence-corrected chi connectivity index (χ2v) is 5.47. The fraction of sp³-hybridized carbons (Fsp3) is 0.267. The van der Waals surface area contributed by atoms with Crippen LogP contribution in [0, 0.1) is 6.92 Å². The lowest BCUT2D eigenvalue weighted by Crippen LogP contribution is -1.89. The van der Waals surface area contributed by atoms with Gasteiger partial charge in [0.15, 0.2) is 0 Å². The van der Waals surface area contributed by atoms with Gasteiger partial charge in [-0.3, -0.25) is 0 Å². The number of aryl methyl sites for hydroxylation is 2. The third-order valence-electron chi connectivity index (χ3n) is 3.35. The number of nitrogens with zero attached hydrogens (tertiary/aromatic N) is 3. The standard InChI is InChI=1S/C15H16N4OS/c1-4-10-5-7-11(8-6-10)13-17-14(20-18-13)12-9(2)19-21-15(12)16-3/h5-8,16H,4H2,1-3H3. The largest absolute Gasteiger partial charge is 0.378 e. The van der Waals surface area contributed by atoms with Gasteiger partial charge in [0.2, 0.25) is 5.82 Å². The highest BCUT2D eigenvalue weighted by atomic mass is 32.1. The first-order valence-electron chi connectivity index (χ1n) is 6.80. The summed E-state index contributed by atoms with van der Waals surface area (Å²) in [4.78, 5) is 4.50. The summed E-state index contributed by atoms with van der Waals surface area (Å²) in [5.41, 5.74) is 4.01. The molecule has 0 aliphatic rings. The lowest BCUT2D eigenvalue weighted by Gasteiger charge is -1.98. The number of aromatic nitrogens is 3. The van der Waals surface area contributed by atoms with Crippen molar-refractivity contribution >= 4 is 16.5 Å². The quantitative estimate of drug-likeness (QED) is 0.794. The Morgan fingerprint density at radius 1 is 1.24 bits per heavy atom. The molecule has 21 heavy (non-hydrogen) atoms. The Hall–Kier alpha value is -2.21. The molecule has 0 amide bonds. The molecule has 0 atom stereocenters. The van der Waals surface area contributed by atoms with Gasteiger partial charge in [-0.05, 0) is 30.4 Å². The number of nitrogens with one attached hydrogen (secondary N) is 1. The first kappa shape index (κ1) is 13.8. The van der Waals surface area contributed by atoms with Crippen molar-refractivity contribution in [1.29, 1.82) is 0 Å². The molecule has 1 N–H and O–H groups in total. The molecule has 0 aliphatic heterocycles. The highest BCUT2D eigenvalue weighted by Gasteiger charge is 2.19. The lowest BCUT2D eigenvalue weighted by atomic mass is 10.1. The van der Waals surface area contributed by atoms with Crippen molar-refractivity contribution in [1.82, 2.24) is 14.5 Å². The molecule has 3 aromatic rings. The fourth-order valence-electron chi connectivity index (χ4n) is 2.12. The van der Waals surface area contributed by atoms with Crippen LogP contribution in [0.3, 0.4) is 0 Å². The second-order valence-electron chi connectivity index (χ2n) is 4.70. The lowest BCUT2D eigenvalue weighted by molar-refractivity contribution is 0.432. The van der Waals surface area contributed by atoms with Crippen LogP contribution in [0.1, 0.15) is 18.2 Å². The molecule has 2 aromatic heterocycles. The van der Waals surface area contributed by atoms with Crippen LogP contribution in [0.5, 0.6) is 0 Å². The molecule has 0 aliphatic carbocycles. The van der Waals surface area contributed by atoms with E-state index in [0.717, 1.165) is 28.2 Å². The summed E-state index contributed by atoms with van der Waals surface area (Å²) in [5, 5.41) is 8.12. The summed E-state index contributed by atoms with van der Waals surface area (Å²) in [6, 6.07) is 8.21. The zero-order valence-electron chi connectivity index (χ0n) is 12.2. The van der Waals surface area contributed by atoms with E-state index >= 15 is 0 Å². The van der Waals surface area contributed by atoms with Crippen molar-refractivity contribution in [2.45, 2.75) is 20.3 Å². The van der Waals surface area contributed by atoms with E-state index in [4.69, 9.17) is 4.52 Å². The van der Waals surface area contributed by atoms with Crippen LogP contribution >= 0.6 is 11.5 Å². The summed E-state index contributed by atoms with van der Waals surface area (Å²) in [5.74, 6) is 1.10. The Bertz CT molecular complexity index is 745. The molecule has 0 fully saturated rings. The predicted octanol–water partition coefficient (Wildman–Crippen LogP) is 3.77. The molecular formula is C15H16N4OS. The molecule has 5 nitrogen and oxygen atoms in total. The van der Waals surface area contributed by atoms with Crippen molar-refractivity contribution in [3.63, 3.8) is 0 Å². The zero-order valence-corrected chi connectivity index (χ0v) is 13.0. The van der Waals surface area contributed by atoms with E-state index in [9.17, 15) is 0 Å². The van der Waals surface area contributed by atoms with E-state index in [1.807, 2.05) is 26.1 Å². The van der Waals surface area contributed by atoms with E-state index in [1.165, 1.54) is 17.1 Å². The smallest absolute Gasteiger partial charge is 0.263 e. The van der Waals surface area contributed by atoms with Gasteiger partial charge in [0.25, 0.3) is 5.89 Å². The van der Waals surface area contributed by atoms with Crippen LogP contribution in [-0.4, -0.2) is 21.6 Å². The Morgan fingerprint density at radius 3 is 2.67 bits per heavy atom. The van der Waals surface area contributed by atoms with Crippen molar-refractivity contribution < 1.29 is 4.52 Å². The van der Waals surface area contributed by atoms with Gasteiger partial charge in [-0.1, -0.05) is 36.3 Å². The molecule has 1 aromatic carbocycles. The van der Waals surface area contributed by atoms with E-state index < -0.39 is 0 Å².